The molecule has 0 heterocycles. The van der Waals surface area contributed by atoms with Crippen molar-refractivity contribution in [2.24, 2.45) is 0 Å². The molecule has 0 spiro atoms. The monoisotopic (exact) mass is 311 g/mol. The number of hydrogen-bond acceptors (Lipinski definition) is 1. The van der Waals surface area contributed by atoms with E-state index in [0.717, 1.165) is 15.7 Å². The molecule has 0 atom stereocenters. The van der Waals surface area contributed by atoms with Crippen LogP contribution in [0.5, 0.6) is 0 Å². The minimum Gasteiger partial charge on any atom is -0.398 e. The highest BCUT2D eigenvalue weighted by Crippen LogP contribution is 2.23. The third-order valence-corrected chi connectivity index (χ3v) is 2.93. The molecule has 1 nitrogen and oxygen atoms in total. The van der Waals surface area contributed by atoms with E-state index in [4.69, 9.17) is 5.73 Å². The Kier molecular flexibility index (Phi) is 2.57. The summed E-state index contributed by atoms with van der Waals surface area (Å²) in [4.78, 5) is 0. The van der Waals surface area contributed by atoms with Crippen LogP contribution in [0, 0.1) is 10.5 Å². The first-order valence-corrected chi connectivity index (χ1v) is 4.69. The average molecular weight is 312 g/mol. The Labute approximate surface area is 82.3 Å². The fourth-order valence-electron chi connectivity index (χ4n) is 0.666. The first-order chi connectivity index (χ1) is 4.61. The highest BCUT2D eigenvalue weighted by atomic mass is 127. The lowest BCUT2D eigenvalue weighted by Crippen LogP contribution is -1.91. The van der Waals surface area contributed by atoms with E-state index in [2.05, 4.69) is 38.5 Å². The Balaban J connectivity index is 3.31. The molecule has 0 aliphatic carbocycles. The maximum absolute atomic E-state index is 5.69. The van der Waals surface area contributed by atoms with Crippen molar-refractivity contribution in [2.75, 3.05) is 5.73 Å². The van der Waals surface area contributed by atoms with Gasteiger partial charge in [0.15, 0.2) is 0 Å². The summed E-state index contributed by atoms with van der Waals surface area (Å²) in [5.74, 6) is 0. The number of nitrogens with two attached hydrogens (primary N) is 1. The smallest absolute Gasteiger partial charge is 0.0365 e. The lowest BCUT2D eigenvalue weighted by Gasteiger charge is -2.02. The second-order valence-corrected chi connectivity index (χ2v) is 4.18. The quantitative estimate of drug-likeness (QED) is 0.578. The summed E-state index contributed by atoms with van der Waals surface area (Å²) < 4.78 is 2.24. The van der Waals surface area contributed by atoms with Crippen LogP contribution in [-0.2, 0) is 0 Å². The van der Waals surface area contributed by atoms with Gasteiger partial charge in [0.25, 0.3) is 0 Å². The third kappa shape index (κ3) is 1.63. The van der Waals surface area contributed by atoms with Gasteiger partial charge in [-0.25, -0.2) is 0 Å². The molecular formula is C7H7BrIN. The second-order valence-electron chi connectivity index (χ2n) is 2.10. The zero-order valence-corrected chi connectivity index (χ0v) is 9.23. The lowest BCUT2D eigenvalue weighted by atomic mass is 10.2. The van der Waals surface area contributed by atoms with Gasteiger partial charge in [-0.2, -0.15) is 0 Å². The van der Waals surface area contributed by atoms with E-state index in [0.29, 0.717) is 0 Å². The Morgan fingerprint density at radius 2 is 2.10 bits per heavy atom. The van der Waals surface area contributed by atoms with Crippen molar-refractivity contribution in [2.45, 2.75) is 6.92 Å². The molecule has 0 fully saturated rings. The average Bonchev–Trinajstić information content (AvgIpc) is 1.82. The van der Waals surface area contributed by atoms with Gasteiger partial charge < -0.3 is 5.73 Å². The van der Waals surface area contributed by atoms with Gasteiger partial charge in [-0.1, -0.05) is 15.9 Å². The topological polar surface area (TPSA) is 26.0 Å². The Morgan fingerprint density at radius 1 is 1.50 bits per heavy atom. The minimum absolute atomic E-state index is 0.846. The van der Waals surface area contributed by atoms with Crippen LogP contribution >= 0.6 is 38.5 Å². The van der Waals surface area contributed by atoms with Gasteiger partial charge in [0.1, 0.15) is 0 Å². The molecule has 0 saturated heterocycles. The fraction of sp³-hybridized carbons (Fsp3) is 0.143. The van der Waals surface area contributed by atoms with Gasteiger partial charge in [0, 0.05) is 13.7 Å². The molecule has 0 aliphatic heterocycles. The molecule has 0 unspecified atom stereocenters. The van der Waals surface area contributed by atoms with Crippen molar-refractivity contribution in [3.63, 3.8) is 0 Å². The predicted molar refractivity (Wildman–Crippen MR) is 56.0 cm³/mol. The molecule has 2 N–H and O–H groups in total. The Hall–Kier alpha value is 0.230. The zero-order chi connectivity index (χ0) is 7.72. The number of nitrogen functional groups attached to an aromatic ring is 1. The SMILES string of the molecule is Cc1c(N)cc(Br)cc1I. The molecule has 0 bridgehead atoms. The van der Waals surface area contributed by atoms with E-state index in [9.17, 15) is 0 Å². The number of benzene rings is 1. The van der Waals surface area contributed by atoms with Crippen LogP contribution in [-0.4, -0.2) is 0 Å². The second kappa shape index (κ2) is 3.09. The molecule has 0 aliphatic rings. The minimum atomic E-state index is 0.846. The summed E-state index contributed by atoms with van der Waals surface area (Å²) in [5.41, 5.74) is 7.69. The highest BCUT2D eigenvalue weighted by Gasteiger charge is 1.99. The molecular weight excluding hydrogens is 305 g/mol. The van der Waals surface area contributed by atoms with E-state index in [1.54, 1.807) is 0 Å². The van der Waals surface area contributed by atoms with E-state index in [-0.39, 0.29) is 0 Å². The van der Waals surface area contributed by atoms with E-state index in [1.807, 2.05) is 19.1 Å². The van der Waals surface area contributed by atoms with Crippen LogP contribution in [0.4, 0.5) is 5.69 Å². The molecule has 54 valence electrons. The first-order valence-electron chi connectivity index (χ1n) is 2.82. The van der Waals surface area contributed by atoms with Crippen LogP contribution in [0.1, 0.15) is 5.56 Å². The highest BCUT2D eigenvalue weighted by molar-refractivity contribution is 14.1. The van der Waals surface area contributed by atoms with Crippen molar-refractivity contribution in [3.05, 3.63) is 25.7 Å². The van der Waals surface area contributed by atoms with Crippen molar-refractivity contribution in [3.8, 4) is 0 Å². The molecule has 0 amide bonds. The molecule has 1 rings (SSSR count). The van der Waals surface area contributed by atoms with Gasteiger partial charge in [-0.15, -0.1) is 0 Å². The molecule has 1 aromatic carbocycles. The van der Waals surface area contributed by atoms with Crippen LogP contribution in [0.15, 0.2) is 16.6 Å². The van der Waals surface area contributed by atoms with Crippen molar-refractivity contribution >= 4 is 44.2 Å². The Morgan fingerprint density at radius 3 is 2.60 bits per heavy atom. The maximum Gasteiger partial charge on any atom is 0.0365 e. The first kappa shape index (κ1) is 8.33. The number of halogens is 2. The summed E-state index contributed by atoms with van der Waals surface area (Å²) in [5, 5.41) is 0. The van der Waals surface area contributed by atoms with Gasteiger partial charge in [-0.3, -0.25) is 0 Å². The zero-order valence-electron chi connectivity index (χ0n) is 5.49. The molecule has 0 aromatic heterocycles. The summed E-state index contributed by atoms with van der Waals surface area (Å²) in [7, 11) is 0. The molecule has 0 radical (unpaired) electrons. The van der Waals surface area contributed by atoms with Crippen molar-refractivity contribution < 1.29 is 0 Å². The third-order valence-electron chi connectivity index (χ3n) is 1.35. The lowest BCUT2D eigenvalue weighted by molar-refractivity contribution is 1.41. The molecule has 0 saturated carbocycles. The number of hydrogen-bond donors (Lipinski definition) is 1. The van der Waals surface area contributed by atoms with E-state index >= 15 is 0 Å². The fourth-order valence-corrected chi connectivity index (χ4v) is 2.22. The molecule has 10 heavy (non-hydrogen) atoms. The standard InChI is InChI=1S/C7H7BrIN/c1-4-6(9)2-5(8)3-7(4)10/h2-3H,10H2,1H3. The predicted octanol–water partition coefficient (Wildman–Crippen LogP) is 2.94. The number of anilines is 1. The summed E-state index contributed by atoms with van der Waals surface area (Å²) in [6.07, 6.45) is 0. The normalized spacial score (nSPS) is 9.90. The van der Waals surface area contributed by atoms with E-state index in [1.165, 1.54) is 3.57 Å². The van der Waals surface area contributed by atoms with Crippen LogP contribution in [0.25, 0.3) is 0 Å². The van der Waals surface area contributed by atoms with E-state index < -0.39 is 0 Å². The van der Waals surface area contributed by atoms with Crippen LogP contribution in [0.2, 0.25) is 0 Å². The summed E-state index contributed by atoms with van der Waals surface area (Å²) >= 11 is 5.63. The van der Waals surface area contributed by atoms with Gasteiger partial charge in [0.2, 0.25) is 0 Å². The Bertz CT molecular complexity index is 237. The van der Waals surface area contributed by atoms with Crippen molar-refractivity contribution in [1.29, 1.82) is 0 Å². The largest absolute Gasteiger partial charge is 0.398 e. The molecule has 3 heteroatoms. The van der Waals surface area contributed by atoms with Crippen molar-refractivity contribution in [1.82, 2.24) is 0 Å². The van der Waals surface area contributed by atoms with Gasteiger partial charge >= 0.3 is 0 Å². The van der Waals surface area contributed by atoms with Gasteiger partial charge in [0.05, 0.1) is 0 Å². The molecule has 1 aromatic rings. The summed E-state index contributed by atoms with van der Waals surface area (Å²) in [6, 6.07) is 3.96. The van der Waals surface area contributed by atoms with Crippen LogP contribution < -0.4 is 5.73 Å². The van der Waals surface area contributed by atoms with Gasteiger partial charge in [-0.05, 0) is 47.2 Å². The van der Waals surface area contributed by atoms with Crippen LogP contribution in [0.3, 0.4) is 0 Å². The summed E-state index contributed by atoms with van der Waals surface area (Å²) in [6.45, 7) is 2.02. The number of rotatable bonds is 0. The maximum atomic E-state index is 5.69.